The van der Waals surface area contributed by atoms with Crippen LogP contribution in [0.2, 0.25) is 0 Å². The largest absolute Gasteiger partial charge is 0.490 e. The molecule has 0 radical (unpaired) electrons. The Labute approximate surface area is 283 Å². The highest BCUT2D eigenvalue weighted by Crippen LogP contribution is 2.52. The molecule has 1 saturated heterocycles. The molecular weight excluding hydrogens is 634 g/mol. The van der Waals surface area contributed by atoms with E-state index < -0.39 is 11.4 Å². The minimum absolute atomic E-state index is 0.0371. The lowest BCUT2D eigenvalue weighted by molar-refractivity contribution is -0.134. The van der Waals surface area contributed by atoms with Crippen molar-refractivity contribution in [1.29, 1.82) is 0 Å². The van der Waals surface area contributed by atoms with E-state index in [1.165, 1.54) is 4.90 Å². The molecule has 2 aromatic carbocycles. The first-order valence-electron chi connectivity index (χ1n) is 16.4. The zero-order valence-electron chi connectivity index (χ0n) is 27.9. The van der Waals surface area contributed by atoms with Gasteiger partial charge in [-0.2, -0.15) is 5.10 Å². The summed E-state index contributed by atoms with van der Waals surface area (Å²) >= 11 is 0. The number of hydrogen-bond donors (Lipinski definition) is 2. The van der Waals surface area contributed by atoms with Gasteiger partial charge < -0.3 is 39.2 Å². The molecule has 1 spiro atoms. The Morgan fingerprint density at radius 3 is 2.59 bits per heavy atom. The highest BCUT2D eigenvalue weighted by Gasteiger charge is 2.53. The Morgan fingerprint density at radius 2 is 1.82 bits per heavy atom. The second-order valence-electron chi connectivity index (χ2n) is 12.8. The van der Waals surface area contributed by atoms with E-state index in [9.17, 15) is 14.4 Å². The summed E-state index contributed by atoms with van der Waals surface area (Å²) in [7, 11) is 0. The number of carbonyl (C=O) groups is 4. The van der Waals surface area contributed by atoms with E-state index >= 15 is 0 Å². The molecule has 0 unspecified atom stereocenters. The monoisotopic (exact) mass is 675 g/mol. The van der Waals surface area contributed by atoms with Crippen LogP contribution in [0.5, 0.6) is 23.0 Å². The number of carboxylic acid groups (broad SMARTS) is 1. The molecule has 5 aliphatic heterocycles. The van der Waals surface area contributed by atoms with Crippen molar-refractivity contribution in [3.8, 4) is 23.0 Å². The third-order valence-electron chi connectivity index (χ3n) is 9.24. The highest BCUT2D eigenvalue weighted by molar-refractivity contribution is 5.97. The lowest BCUT2D eigenvalue weighted by Crippen LogP contribution is -2.50. The van der Waals surface area contributed by atoms with Crippen LogP contribution in [0.15, 0.2) is 42.5 Å². The zero-order valence-corrected chi connectivity index (χ0v) is 27.9. The number of aryl methyl sites for hydroxylation is 3. The number of hydrogen-bond acceptors (Lipinski definition) is 9. The molecule has 3 aromatic rings. The standard InChI is InChI=1S/C33H37N5O7.C2H4O2/c1-21-13-22(2)38(35-21)11-9-30(40)37-15-25-24-5-3-6-27-31(24)43-19-33(25,18-37)17-34-29(39)16-36(10-4-12-42-27)32(41)23-7-8-26-28(14-23)45-20-44-26;1-2(3)4/h3,5-8,13-14,25H,4,9-12,15-20H2,1-2H3,(H,34,39);1H3,(H,3,4)/t25-,33+;/m0./s1. The van der Waals surface area contributed by atoms with Gasteiger partial charge in [0.1, 0.15) is 0 Å². The zero-order chi connectivity index (χ0) is 34.7. The highest BCUT2D eigenvalue weighted by atomic mass is 16.7. The van der Waals surface area contributed by atoms with Crippen LogP contribution in [0, 0.1) is 19.3 Å². The Bertz CT molecular complexity index is 1750. The van der Waals surface area contributed by atoms with Crippen molar-refractivity contribution >= 4 is 23.7 Å². The fourth-order valence-corrected chi connectivity index (χ4v) is 6.92. The van der Waals surface area contributed by atoms with E-state index in [2.05, 4.69) is 10.4 Å². The molecule has 5 aliphatic rings. The van der Waals surface area contributed by atoms with Gasteiger partial charge in [-0.05, 0) is 50.6 Å². The minimum atomic E-state index is -0.833. The van der Waals surface area contributed by atoms with Gasteiger partial charge in [-0.25, -0.2) is 0 Å². The summed E-state index contributed by atoms with van der Waals surface area (Å²) in [6, 6.07) is 12.9. The number of aromatic nitrogens is 2. The van der Waals surface area contributed by atoms with Gasteiger partial charge in [-0.3, -0.25) is 23.9 Å². The average molecular weight is 676 g/mol. The predicted molar refractivity (Wildman–Crippen MR) is 175 cm³/mol. The number of ether oxygens (including phenoxy) is 4. The van der Waals surface area contributed by atoms with E-state index in [-0.39, 0.29) is 37.0 Å². The maximum Gasteiger partial charge on any atom is 0.300 e. The van der Waals surface area contributed by atoms with Crippen LogP contribution in [-0.4, -0.2) is 101 Å². The topological polar surface area (TPSA) is 162 Å². The Balaban J connectivity index is 0.000000989. The number of nitrogens with zero attached hydrogens (tertiary/aromatic N) is 4. The number of fused-ring (bicyclic) bond motifs is 10. The third kappa shape index (κ3) is 7.27. The smallest absolute Gasteiger partial charge is 0.300 e. The molecule has 2 N–H and O–H groups in total. The second-order valence-corrected chi connectivity index (χ2v) is 12.8. The van der Waals surface area contributed by atoms with Crippen molar-refractivity contribution in [3.63, 3.8) is 0 Å². The maximum absolute atomic E-state index is 13.6. The molecule has 0 aliphatic carbocycles. The second kappa shape index (κ2) is 14.1. The number of carboxylic acids is 1. The summed E-state index contributed by atoms with van der Waals surface area (Å²) in [6.07, 6.45) is 0.836. The summed E-state index contributed by atoms with van der Waals surface area (Å²) in [5.74, 6) is 1.02. The first-order chi connectivity index (χ1) is 23.5. The van der Waals surface area contributed by atoms with Crippen LogP contribution in [0.25, 0.3) is 0 Å². The number of aliphatic carboxylic acids is 1. The summed E-state index contributed by atoms with van der Waals surface area (Å²) in [4.78, 5) is 53.0. The fourth-order valence-electron chi connectivity index (χ4n) is 6.92. The van der Waals surface area contributed by atoms with E-state index in [0.717, 1.165) is 23.9 Å². The molecule has 1 fully saturated rings. The first kappa shape index (κ1) is 33.6. The molecule has 14 nitrogen and oxygen atoms in total. The number of benzene rings is 2. The lowest BCUT2D eigenvalue weighted by atomic mass is 9.73. The van der Waals surface area contributed by atoms with Gasteiger partial charge in [0, 0.05) is 74.2 Å². The molecule has 3 amide bonds. The molecule has 0 saturated carbocycles. The van der Waals surface area contributed by atoms with Gasteiger partial charge in [0.05, 0.1) is 25.5 Å². The Morgan fingerprint density at radius 1 is 1.02 bits per heavy atom. The van der Waals surface area contributed by atoms with Gasteiger partial charge in [-0.15, -0.1) is 0 Å². The predicted octanol–water partition coefficient (Wildman–Crippen LogP) is 2.76. The summed E-state index contributed by atoms with van der Waals surface area (Å²) in [6.45, 7) is 7.75. The Hall–Kier alpha value is -5.27. The lowest BCUT2D eigenvalue weighted by Gasteiger charge is -2.40. The number of nitrogens with one attached hydrogen (secondary N) is 1. The number of likely N-dealkylation sites (tertiary alicyclic amines) is 1. The van der Waals surface area contributed by atoms with Crippen molar-refractivity contribution in [1.82, 2.24) is 24.9 Å². The number of carbonyl (C=O) groups excluding carboxylic acids is 3. The van der Waals surface area contributed by atoms with Gasteiger partial charge >= 0.3 is 0 Å². The van der Waals surface area contributed by atoms with Gasteiger partial charge in [-0.1, -0.05) is 12.1 Å². The maximum atomic E-state index is 13.6. The van der Waals surface area contributed by atoms with E-state index in [1.807, 2.05) is 47.7 Å². The van der Waals surface area contributed by atoms with E-state index in [4.69, 9.17) is 28.8 Å². The van der Waals surface area contributed by atoms with E-state index in [1.54, 1.807) is 18.2 Å². The van der Waals surface area contributed by atoms with Gasteiger partial charge in [0.15, 0.2) is 23.0 Å². The Kier molecular flexibility index (Phi) is 9.65. The molecule has 1 aromatic heterocycles. The number of amides is 3. The third-order valence-corrected chi connectivity index (χ3v) is 9.24. The molecule has 6 heterocycles. The van der Waals surface area contributed by atoms with Crippen LogP contribution >= 0.6 is 0 Å². The molecule has 14 heteroatoms. The number of rotatable bonds is 4. The quantitative estimate of drug-likeness (QED) is 0.421. The SMILES string of the molecule is CC(=O)O.Cc1cc(C)n(CCC(=O)N2C[C@H]3c4cccc5c4OC[C@@]3(CNC(=O)CN(C(=O)c3ccc4c(c3)OCO4)CCCO5)C2)n1. The van der Waals surface area contributed by atoms with Gasteiger partial charge in [0.2, 0.25) is 18.6 Å². The molecule has 49 heavy (non-hydrogen) atoms. The van der Waals surface area contributed by atoms with Crippen LogP contribution in [0.3, 0.4) is 0 Å². The normalized spacial score (nSPS) is 21.0. The van der Waals surface area contributed by atoms with Crippen LogP contribution in [0.4, 0.5) is 0 Å². The molecule has 4 bridgehead atoms. The number of para-hydroxylation sites is 1. The molecule has 260 valence electrons. The molecule has 2 atom stereocenters. The summed E-state index contributed by atoms with van der Waals surface area (Å²) in [5, 5.41) is 15.0. The first-order valence-corrected chi connectivity index (χ1v) is 16.4. The van der Waals surface area contributed by atoms with Crippen LogP contribution < -0.4 is 24.3 Å². The fraction of sp³-hybridized carbons (Fsp3) is 0.457. The average Bonchev–Trinajstić information content (AvgIpc) is 3.79. The van der Waals surface area contributed by atoms with E-state index in [0.29, 0.717) is 87.3 Å². The van der Waals surface area contributed by atoms with Crippen LogP contribution in [-0.2, 0) is 20.9 Å². The van der Waals surface area contributed by atoms with Crippen LogP contribution in [0.1, 0.15) is 53.0 Å². The van der Waals surface area contributed by atoms with Crippen molar-refractivity contribution in [2.45, 2.75) is 46.1 Å². The minimum Gasteiger partial charge on any atom is -0.490 e. The van der Waals surface area contributed by atoms with Crippen molar-refractivity contribution in [3.05, 3.63) is 65.0 Å². The molecular formula is C35H41N5O9. The molecule has 8 rings (SSSR count). The van der Waals surface area contributed by atoms with Crippen molar-refractivity contribution in [2.75, 3.05) is 52.7 Å². The summed E-state index contributed by atoms with van der Waals surface area (Å²) < 4.78 is 25.3. The van der Waals surface area contributed by atoms with Crippen molar-refractivity contribution in [2.24, 2.45) is 5.41 Å². The summed E-state index contributed by atoms with van der Waals surface area (Å²) in [5.41, 5.74) is 2.81. The van der Waals surface area contributed by atoms with Gasteiger partial charge in [0.25, 0.3) is 11.9 Å². The van der Waals surface area contributed by atoms with Crippen molar-refractivity contribution < 1.29 is 43.2 Å².